The maximum absolute atomic E-state index is 12.7. The quantitative estimate of drug-likeness (QED) is 0.879. The molecule has 4 heteroatoms. The van der Waals surface area contributed by atoms with Gasteiger partial charge in [-0.15, -0.1) is 0 Å². The van der Waals surface area contributed by atoms with Crippen LogP contribution >= 0.6 is 0 Å². The second kappa shape index (κ2) is 8.17. The molecule has 2 unspecified atom stereocenters. The van der Waals surface area contributed by atoms with Gasteiger partial charge in [0, 0.05) is 6.04 Å². The molecular weight excluding hydrogens is 312 g/mol. The van der Waals surface area contributed by atoms with E-state index in [9.17, 15) is 4.79 Å². The summed E-state index contributed by atoms with van der Waals surface area (Å²) in [6.07, 6.45) is 0.957. The van der Waals surface area contributed by atoms with Crippen molar-refractivity contribution in [1.29, 1.82) is 0 Å². The molecule has 2 atom stereocenters. The second-order valence-electron chi connectivity index (χ2n) is 6.76. The standard InChI is InChI=1S/C21H26N2O2/c1-15-7-3-4-8-17(15)14-25-20-10-6-5-9-18(20)21(24)23-19-11-12-22-13-16(19)2/h3-10,16,19,22H,11-14H2,1-2H3,(H,23,24). The van der Waals surface area contributed by atoms with Crippen molar-refractivity contribution in [2.45, 2.75) is 32.9 Å². The van der Waals surface area contributed by atoms with Crippen molar-refractivity contribution in [2.75, 3.05) is 13.1 Å². The first-order chi connectivity index (χ1) is 12.1. The number of piperidine rings is 1. The molecule has 2 aromatic carbocycles. The van der Waals surface area contributed by atoms with E-state index in [0.29, 0.717) is 23.8 Å². The maximum Gasteiger partial charge on any atom is 0.255 e. The van der Waals surface area contributed by atoms with Crippen molar-refractivity contribution in [3.8, 4) is 5.75 Å². The summed E-state index contributed by atoms with van der Waals surface area (Å²) < 4.78 is 5.97. The average molecular weight is 338 g/mol. The van der Waals surface area contributed by atoms with Gasteiger partial charge < -0.3 is 15.4 Å². The first-order valence-corrected chi connectivity index (χ1v) is 8.93. The van der Waals surface area contributed by atoms with Crippen LogP contribution in [0.4, 0.5) is 0 Å². The predicted octanol–water partition coefficient (Wildman–Crippen LogP) is 3.30. The smallest absolute Gasteiger partial charge is 0.255 e. The van der Waals surface area contributed by atoms with Crippen LogP contribution in [0, 0.1) is 12.8 Å². The first kappa shape index (κ1) is 17.5. The van der Waals surface area contributed by atoms with Gasteiger partial charge in [-0.2, -0.15) is 0 Å². The van der Waals surface area contributed by atoms with E-state index in [4.69, 9.17) is 4.74 Å². The maximum atomic E-state index is 12.7. The molecule has 132 valence electrons. The zero-order valence-electron chi connectivity index (χ0n) is 14.9. The number of nitrogens with one attached hydrogen (secondary N) is 2. The molecule has 3 rings (SSSR count). The van der Waals surface area contributed by atoms with Crippen LogP contribution < -0.4 is 15.4 Å². The molecule has 1 saturated heterocycles. The Morgan fingerprint density at radius 2 is 1.96 bits per heavy atom. The number of ether oxygens (including phenoxy) is 1. The van der Waals surface area contributed by atoms with E-state index < -0.39 is 0 Å². The fraction of sp³-hybridized carbons (Fsp3) is 0.381. The monoisotopic (exact) mass is 338 g/mol. The van der Waals surface area contributed by atoms with Crippen molar-refractivity contribution in [1.82, 2.24) is 10.6 Å². The van der Waals surface area contributed by atoms with E-state index in [-0.39, 0.29) is 11.9 Å². The van der Waals surface area contributed by atoms with E-state index in [1.54, 1.807) is 0 Å². The van der Waals surface area contributed by atoms with E-state index in [2.05, 4.69) is 36.6 Å². The highest BCUT2D eigenvalue weighted by atomic mass is 16.5. The van der Waals surface area contributed by atoms with Gasteiger partial charge in [-0.05, 0) is 55.6 Å². The Morgan fingerprint density at radius 1 is 1.20 bits per heavy atom. The number of para-hydroxylation sites is 1. The number of amides is 1. The van der Waals surface area contributed by atoms with Gasteiger partial charge in [-0.25, -0.2) is 0 Å². The van der Waals surface area contributed by atoms with E-state index in [1.807, 2.05) is 36.4 Å². The van der Waals surface area contributed by atoms with Gasteiger partial charge in [-0.1, -0.05) is 43.3 Å². The Bertz CT molecular complexity index is 729. The Balaban J connectivity index is 1.69. The molecule has 1 amide bonds. The minimum absolute atomic E-state index is 0.0564. The van der Waals surface area contributed by atoms with Crippen molar-refractivity contribution >= 4 is 5.91 Å². The van der Waals surface area contributed by atoms with Crippen LogP contribution in [-0.2, 0) is 6.61 Å². The molecule has 0 aromatic heterocycles. The van der Waals surface area contributed by atoms with Crippen molar-refractivity contribution < 1.29 is 9.53 Å². The van der Waals surface area contributed by atoms with Crippen LogP contribution in [0.5, 0.6) is 5.75 Å². The molecule has 2 N–H and O–H groups in total. The van der Waals surface area contributed by atoms with Gasteiger partial charge in [0.1, 0.15) is 12.4 Å². The van der Waals surface area contributed by atoms with E-state index in [0.717, 1.165) is 25.1 Å². The molecule has 0 bridgehead atoms. The first-order valence-electron chi connectivity index (χ1n) is 8.93. The Hall–Kier alpha value is -2.33. The van der Waals surface area contributed by atoms with Gasteiger partial charge in [0.15, 0.2) is 0 Å². The third kappa shape index (κ3) is 4.40. The summed E-state index contributed by atoms with van der Waals surface area (Å²) in [5, 5.41) is 6.53. The third-order valence-corrected chi connectivity index (χ3v) is 4.88. The highest BCUT2D eigenvalue weighted by molar-refractivity contribution is 5.97. The summed E-state index contributed by atoms with van der Waals surface area (Å²) in [7, 11) is 0. The number of hydrogen-bond acceptors (Lipinski definition) is 3. The van der Waals surface area contributed by atoms with Crippen LogP contribution in [0.1, 0.15) is 34.8 Å². The lowest BCUT2D eigenvalue weighted by Gasteiger charge is -2.30. The molecule has 1 fully saturated rings. The molecule has 4 nitrogen and oxygen atoms in total. The Labute approximate surface area is 149 Å². The SMILES string of the molecule is Cc1ccccc1COc1ccccc1C(=O)NC1CCNCC1C. The van der Waals surface area contributed by atoms with Crippen LogP contribution in [0.25, 0.3) is 0 Å². The molecule has 25 heavy (non-hydrogen) atoms. The van der Waals surface area contributed by atoms with Gasteiger partial charge in [0.2, 0.25) is 0 Å². The summed E-state index contributed by atoms with van der Waals surface area (Å²) in [6, 6.07) is 15.8. The number of carbonyl (C=O) groups excluding carboxylic acids is 1. The molecule has 1 aliphatic heterocycles. The fourth-order valence-electron chi connectivity index (χ4n) is 3.18. The van der Waals surface area contributed by atoms with Crippen molar-refractivity contribution in [3.05, 3.63) is 65.2 Å². The number of rotatable bonds is 5. The van der Waals surface area contributed by atoms with Crippen LogP contribution in [-0.4, -0.2) is 25.0 Å². The Kier molecular flexibility index (Phi) is 5.71. The minimum atomic E-state index is -0.0564. The summed E-state index contributed by atoms with van der Waals surface area (Å²) in [5.74, 6) is 1.00. The van der Waals surface area contributed by atoms with Crippen LogP contribution in [0.3, 0.4) is 0 Å². The zero-order valence-corrected chi connectivity index (χ0v) is 14.9. The van der Waals surface area contributed by atoms with Crippen molar-refractivity contribution in [2.24, 2.45) is 5.92 Å². The number of benzene rings is 2. The molecular formula is C21H26N2O2. The molecule has 0 radical (unpaired) electrons. The van der Waals surface area contributed by atoms with Gasteiger partial charge in [0.25, 0.3) is 5.91 Å². The number of aryl methyl sites for hydroxylation is 1. The number of hydrogen-bond donors (Lipinski definition) is 2. The highest BCUT2D eigenvalue weighted by Gasteiger charge is 2.24. The lowest BCUT2D eigenvalue weighted by Crippen LogP contribution is -2.48. The third-order valence-electron chi connectivity index (χ3n) is 4.88. The van der Waals surface area contributed by atoms with Crippen molar-refractivity contribution in [3.63, 3.8) is 0 Å². The highest BCUT2D eigenvalue weighted by Crippen LogP contribution is 2.21. The van der Waals surface area contributed by atoms with Gasteiger partial charge in [0.05, 0.1) is 5.56 Å². The lowest BCUT2D eigenvalue weighted by atomic mass is 9.95. The largest absolute Gasteiger partial charge is 0.488 e. The zero-order chi connectivity index (χ0) is 17.6. The minimum Gasteiger partial charge on any atom is -0.488 e. The predicted molar refractivity (Wildman–Crippen MR) is 99.9 cm³/mol. The normalized spacial score (nSPS) is 20.1. The summed E-state index contributed by atoms with van der Waals surface area (Å²) in [5.41, 5.74) is 2.92. The topological polar surface area (TPSA) is 50.4 Å². The number of carbonyl (C=O) groups is 1. The van der Waals surface area contributed by atoms with Gasteiger partial charge >= 0.3 is 0 Å². The molecule has 1 heterocycles. The molecule has 0 spiro atoms. The summed E-state index contributed by atoms with van der Waals surface area (Å²) in [6.45, 7) is 6.57. The Morgan fingerprint density at radius 3 is 2.76 bits per heavy atom. The average Bonchev–Trinajstić information content (AvgIpc) is 2.63. The van der Waals surface area contributed by atoms with Crippen LogP contribution in [0.2, 0.25) is 0 Å². The summed E-state index contributed by atoms with van der Waals surface area (Å²) in [4.78, 5) is 12.7. The molecule has 1 aliphatic rings. The van der Waals surface area contributed by atoms with Crippen LogP contribution in [0.15, 0.2) is 48.5 Å². The lowest BCUT2D eigenvalue weighted by molar-refractivity contribution is 0.0909. The van der Waals surface area contributed by atoms with E-state index >= 15 is 0 Å². The molecule has 0 saturated carbocycles. The van der Waals surface area contributed by atoms with Gasteiger partial charge in [-0.3, -0.25) is 4.79 Å². The second-order valence-corrected chi connectivity index (χ2v) is 6.76. The van der Waals surface area contributed by atoms with E-state index in [1.165, 1.54) is 5.56 Å². The molecule has 2 aromatic rings. The summed E-state index contributed by atoms with van der Waals surface area (Å²) >= 11 is 0. The molecule has 0 aliphatic carbocycles. The fourth-order valence-corrected chi connectivity index (χ4v) is 3.18.